The van der Waals surface area contributed by atoms with Gasteiger partial charge < -0.3 is 25.2 Å². The third kappa shape index (κ3) is 8.22. The van der Waals surface area contributed by atoms with Crippen molar-refractivity contribution in [2.24, 2.45) is 5.92 Å². The predicted octanol–water partition coefficient (Wildman–Crippen LogP) is 2.19. The summed E-state index contributed by atoms with van der Waals surface area (Å²) in [5.74, 6) is -2.04. The van der Waals surface area contributed by atoms with Crippen molar-refractivity contribution in [3.63, 3.8) is 0 Å². The number of likely N-dealkylation sites (tertiary alicyclic amines) is 1. The number of amides is 4. The highest BCUT2D eigenvalue weighted by molar-refractivity contribution is 7.87. The molecule has 46 heavy (non-hydrogen) atoms. The van der Waals surface area contributed by atoms with Crippen LogP contribution in [0.15, 0.2) is 12.2 Å². The molecule has 0 unspecified atom stereocenters. The molecule has 4 amide bonds. The van der Waals surface area contributed by atoms with Gasteiger partial charge in [-0.3, -0.25) is 14.4 Å². The molecule has 14 heteroatoms. The SMILES string of the molecule is CN1CCC(N(C2CC2)S(=O)(=O)NC(=O)[C@@]23C[C@H]2C=CCCCCC[C@H](OC(=O)NC(C)(C)C)C(=O)N2CCC[C@H]2C(=O)N3)CC1. The van der Waals surface area contributed by atoms with E-state index in [0.29, 0.717) is 45.1 Å². The van der Waals surface area contributed by atoms with E-state index in [0.717, 1.165) is 45.2 Å². The summed E-state index contributed by atoms with van der Waals surface area (Å²) < 4.78 is 37.0. The summed E-state index contributed by atoms with van der Waals surface area (Å²) in [5.41, 5.74) is -1.98. The highest BCUT2D eigenvalue weighted by Gasteiger charge is 2.62. The number of alkyl carbamates (subject to hydrolysis) is 1. The maximum atomic E-state index is 13.9. The van der Waals surface area contributed by atoms with Crippen LogP contribution in [0.2, 0.25) is 0 Å². The fraction of sp³-hybridized carbons (Fsp3) is 0.812. The highest BCUT2D eigenvalue weighted by atomic mass is 32.2. The molecule has 258 valence electrons. The lowest BCUT2D eigenvalue weighted by Crippen LogP contribution is -2.59. The van der Waals surface area contributed by atoms with Gasteiger partial charge in [-0.2, -0.15) is 12.7 Å². The zero-order chi connectivity index (χ0) is 33.3. The number of hydrogen-bond acceptors (Lipinski definition) is 8. The lowest BCUT2D eigenvalue weighted by atomic mass is 10.1. The topological polar surface area (TPSA) is 157 Å². The van der Waals surface area contributed by atoms with Crippen LogP contribution in [0.5, 0.6) is 0 Å². The average molecular weight is 665 g/mol. The molecule has 0 spiro atoms. The van der Waals surface area contributed by atoms with Crippen LogP contribution < -0.4 is 15.4 Å². The zero-order valence-corrected chi connectivity index (χ0v) is 28.6. The van der Waals surface area contributed by atoms with Crippen molar-refractivity contribution in [2.75, 3.05) is 26.7 Å². The summed E-state index contributed by atoms with van der Waals surface area (Å²) in [6, 6.07) is -1.15. The number of piperidine rings is 1. The van der Waals surface area contributed by atoms with Gasteiger partial charge in [0.1, 0.15) is 11.6 Å². The molecule has 2 saturated carbocycles. The Morgan fingerprint density at radius 1 is 0.978 bits per heavy atom. The molecular formula is C32H52N6O7S. The number of carbonyl (C=O) groups excluding carboxylic acids is 4. The second-order valence-corrected chi connectivity index (χ2v) is 16.4. The molecular weight excluding hydrogens is 612 g/mol. The first-order valence-electron chi connectivity index (χ1n) is 17.0. The summed E-state index contributed by atoms with van der Waals surface area (Å²) in [6.45, 7) is 7.36. The van der Waals surface area contributed by atoms with Crippen molar-refractivity contribution in [1.82, 2.24) is 29.5 Å². The van der Waals surface area contributed by atoms with Gasteiger partial charge in [-0.25, -0.2) is 9.52 Å². The van der Waals surface area contributed by atoms with Crippen LogP contribution in [0.3, 0.4) is 0 Å². The molecule has 13 nitrogen and oxygen atoms in total. The first-order chi connectivity index (χ1) is 21.7. The van der Waals surface area contributed by atoms with Gasteiger partial charge in [-0.05, 0) is 112 Å². The fourth-order valence-corrected chi connectivity index (χ4v) is 8.76. The number of ether oxygens (including phenoxy) is 1. The van der Waals surface area contributed by atoms with Gasteiger partial charge in [0.05, 0.1) is 0 Å². The highest BCUT2D eigenvalue weighted by Crippen LogP contribution is 2.46. The number of carbonyl (C=O) groups is 4. The molecule has 0 radical (unpaired) electrons. The van der Waals surface area contributed by atoms with E-state index in [-0.39, 0.29) is 24.4 Å². The lowest BCUT2D eigenvalue weighted by molar-refractivity contribution is -0.146. The summed E-state index contributed by atoms with van der Waals surface area (Å²) in [6.07, 6.45) is 9.69. The van der Waals surface area contributed by atoms with Crippen LogP contribution in [-0.4, -0.2) is 108 Å². The van der Waals surface area contributed by atoms with Crippen LogP contribution in [0.4, 0.5) is 4.79 Å². The molecule has 0 aromatic carbocycles. The van der Waals surface area contributed by atoms with E-state index < -0.39 is 57.2 Å². The van der Waals surface area contributed by atoms with E-state index >= 15 is 0 Å². The Balaban J connectivity index is 1.34. The van der Waals surface area contributed by atoms with Gasteiger partial charge in [0.15, 0.2) is 6.10 Å². The van der Waals surface area contributed by atoms with Crippen molar-refractivity contribution < 1.29 is 32.3 Å². The maximum Gasteiger partial charge on any atom is 0.408 e. The van der Waals surface area contributed by atoms with E-state index in [1.807, 2.05) is 40.0 Å². The van der Waals surface area contributed by atoms with Crippen molar-refractivity contribution in [3.8, 4) is 0 Å². The molecule has 0 aromatic heterocycles. The normalized spacial score (nSPS) is 30.5. The molecule has 0 aromatic rings. The van der Waals surface area contributed by atoms with E-state index in [2.05, 4.69) is 20.3 Å². The van der Waals surface area contributed by atoms with E-state index in [4.69, 9.17) is 4.74 Å². The molecule has 4 fully saturated rings. The molecule has 3 aliphatic heterocycles. The smallest absolute Gasteiger partial charge is 0.408 e. The molecule has 2 saturated heterocycles. The van der Waals surface area contributed by atoms with Crippen molar-refractivity contribution >= 4 is 34.0 Å². The van der Waals surface area contributed by atoms with E-state index in [9.17, 15) is 27.6 Å². The van der Waals surface area contributed by atoms with Crippen molar-refractivity contribution in [3.05, 3.63) is 12.2 Å². The van der Waals surface area contributed by atoms with Gasteiger partial charge in [0.2, 0.25) is 5.91 Å². The van der Waals surface area contributed by atoms with E-state index in [1.54, 1.807) is 0 Å². The van der Waals surface area contributed by atoms with Gasteiger partial charge >= 0.3 is 16.3 Å². The van der Waals surface area contributed by atoms with Crippen LogP contribution in [0.25, 0.3) is 0 Å². The largest absolute Gasteiger partial charge is 0.436 e. The summed E-state index contributed by atoms with van der Waals surface area (Å²) in [5, 5.41) is 5.64. The Morgan fingerprint density at radius 3 is 2.35 bits per heavy atom. The summed E-state index contributed by atoms with van der Waals surface area (Å²) in [7, 11) is -2.14. The first-order valence-corrected chi connectivity index (χ1v) is 18.5. The minimum atomic E-state index is -4.16. The lowest BCUT2D eigenvalue weighted by Gasteiger charge is -2.36. The maximum absolute atomic E-state index is 13.9. The molecule has 3 N–H and O–H groups in total. The number of hydrogen-bond donors (Lipinski definition) is 3. The predicted molar refractivity (Wildman–Crippen MR) is 172 cm³/mol. The Labute approximate surface area is 273 Å². The number of allylic oxidation sites excluding steroid dienone is 1. The standard InChI is InChI=1S/C32H52N6O7S/c1-31(2,3)34-30(42)45-26-13-9-7-5-6-8-11-22-21-32(22,33-27(39)25-12-10-18-37(25)28(26)40)29(41)35-46(43,44)38(23-14-15-23)24-16-19-36(4)20-17-24/h8,11,22-26H,5-7,9-10,12-21H2,1-4H3,(H,33,39)(H,34,42)(H,35,41)/t22-,25+,26+,32-/m1/s1. The average Bonchev–Trinajstić information content (AvgIpc) is 3.86. The summed E-state index contributed by atoms with van der Waals surface area (Å²) >= 11 is 0. The molecule has 5 rings (SSSR count). The first kappa shape index (κ1) is 34.6. The number of fused-ring (bicyclic) bond motifs is 2. The molecule has 3 heterocycles. The second-order valence-electron chi connectivity index (χ2n) is 14.8. The minimum absolute atomic E-state index is 0.118. The Bertz CT molecular complexity index is 1300. The van der Waals surface area contributed by atoms with Gasteiger partial charge in [0.25, 0.3) is 11.8 Å². The third-order valence-electron chi connectivity index (χ3n) is 9.77. The zero-order valence-electron chi connectivity index (χ0n) is 27.8. The van der Waals surface area contributed by atoms with Crippen LogP contribution >= 0.6 is 0 Å². The quantitative estimate of drug-likeness (QED) is 0.365. The summed E-state index contributed by atoms with van der Waals surface area (Å²) in [4.78, 5) is 57.8. The fourth-order valence-electron chi connectivity index (χ4n) is 7.03. The molecule has 2 aliphatic carbocycles. The second kappa shape index (κ2) is 13.8. The van der Waals surface area contributed by atoms with Gasteiger partial charge in [-0.1, -0.05) is 18.6 Å². The van der Waals surface area contributed by atoms with Crippen LogP contribution in [0.1, 0.15) is 97.8 Å². The van der Waals surface area contributed by atoms with Crippen LogP contribution in [0, 0.1) is 5.92 Å². The minimum Gasteiger partial charge on any atom is -0.436 e. The Hall–Kier alpha value is -2.71. The molecule has 5 aliphatic rings. The number of rotatable bonds is 6. The van der Waals surface area contributed by atoms with Crippen molar-refractivity contribution in [2.45, 2.75) is 133 Å². The van der Waals surface area contributed by atoms with E-state index in [1.165, 1.54) is 9.21 Å². The molecule has 4 atom stereocenters. The van der Waals surface area contributed by atoms with Gasteiger partial charge in [0, 0.05) is 30.1 Å². The third-order valence-corrected chi connectivity index (χ3v) is 11.4. The van der Waals surface area contributed by atoms with Crippen LogP contribution in [-0.2, 0) is 29.3 Å². The van der Waals surface area contributed by atoms with Gasteiger partial charge in [-0.15, -0.1) is 0 Å². The van der Waals surface area contributed by atoms with Crippen molar-refractivity contribution in [1.29, 1.82) is 0 Å². The molecule has 0 bridgehead atoms. The number of nitrogens with one attached hydrogen (secondary N) is 3. The Morgan fingerprint density at radius 2 is 1.67 bits per heavy atom. The Kier molecular flexibility index (Phi) is 10.4. The monoisotopic (exact) mass is 664 g/mol. The number of nitrogens with zero attached hydrogens (tertiary/aromatic N) is 3.